The standard InChI is InChI=1S/C102H113BrO2/c1-97(2,3)84-52-72-46-73-53-85(98(4,5)6)57-77(91(73)43-67-34-25-20-26-35-67)49-82-62-89(102(16,17)18)63-83-51-79-59-87(100(10,11)12)55-75(93(79)45-69-38-29-22-30-39-69)47-74-54-86(99(7,8)9)58-78(92(74)44-68-36-27-21-28-37-68)50-81-61-88(101(13,14)15)60-80(48-76(56-84)90(72)42-66-32-23-19-24-33-66)95(81)104-64-70-40-31-41-71(94(70)103)65-105-96(82)83/h19-41,52-63H,42-51,64-65H2,1-18H3. The van der Waals surface area contributed by atoms with E-state index in [2.05, 4.69) is 353 Å². The fourth-order valence-electron chi connectivity index (χ4n) is 15.9. The highest BCUT2D eigenvalue weighted by atomic mass is 79.9. The van der Waals surface area contributed by atoms with E-state index in [9.17, 15) is 0 Å². The lowest BCUT2D eigenvalue weighted by molar-refractivity contribution is 0.292. The lowest BCUT2D eigenvalue weighted by atomic mass is 9.76. The molecule has 0 atom stereocenters. The molecule has 0 saturated carbocycles. The number of fused-ring (bicyclic) bond motifs is 10. The predicted molar refractivity (Wildman–Crippen MR) is 447 cm³/mol. The normalized spacial score (nSPS) is 13.9. The van der Waals surface area contributed by atoms with Crippen LogP contribution < -0.4 is 9.47 Å². The molecule has 0 radical (unpaired) electrons. The maximum absolute atomic E-state index is 7.89. The number of halogens is 1. The molecule has 2 heterocycles. The van der Waals surface area contributed by atoms with Crippen LogP contribution in [0.4, 0.5) is 0 Å². The Kier molecular flexibility index (Phi) is 21.1. The van der Waals surface area contributed by atoms with E-state index in [0.29, 0.717) is 38.9 Å². The van der Waals surface area contributed by atoms with Gasteiger partial charge >= 0.3 is 0 Å². The zero-order chi connectivity index (χ0) is 74.5. The first-order valence-electron chi connectivity index (χ1n) is 38.8. The molecule has 0 fully saturated rings. The Labute approximate surface area is 639 Å². The number of hydrogen-bond donors (Lipinski definition) is 0. The second-order valence-corrected chi connectivity index (χ2v) is 37.8. The van der Waals surface area contributed by atoms with Gasteiger partial charge in [0.05, 0.1) is 0 Å². The van der Waals surface area contributed by atoms with Crippen molar-refractivity contribution in [3.8, 4) is 11.5 Å². The summed E-state index contributed by atoms with van der Waals surface area (Å²) in [4.78, 5) is 0. The second-order valence-electron chi connectivity index (χ2n) is 37.0. The highest BCUT2D eigenvalue weighted by Crippen LogP contribution is 2.45. The van der Waals surface area contributed by atoms with E-state index in [-0.39, 0.29) is 32.5 Å². The average Bonchev–Trinajstić information content (AvgIpc) is 0.765. The highest BCUT2D eigenvalue weighted by molar-refractivity contribution is 9.10. The summed E-state index contributed by atoms with van der Waals surface area (Å²) in [6, 6.07) is 82.8. The zero-order valence-corrected chi connectivity index (χ0v) is 68.0. The summed E-state index contributed by atoms with van der Waals surface area (Å²) < 4.78 is 16.8. The maximum atomic E-state index is 7.89. The van der Waals surface area contributed by atoms with Crippen LogP contribution in [0.15, 0.2) is 217 Å². The van der Waals surface area contributed by atoms with Gasteiger partial charge in [-0.05, 0) is 232 Å². The van der Waals surface area contributed by atoms with Crippen LogP contribution >= 0.6 is 15.9 Å². The second kappa shape index (κ2) is 29.7. The number of ether oxygens (including phenoxy) is 2. The van der Waals surface area contributed by atoms with E-state index in [1.54, 1.807) is 0 Å². The summed E-state index contributed by atoms with van der Waals surface area (Å²) in [6.07, 6.45) is 7.41. The van der Waals surface area contributed by atoms with Crippen LogP contribution in [-0.4, -0.2) is 0 Å². The van der Waals surface area contributed by atoms with Gasteiger partial charge in [-0.15, -0.1) is 0 Å². The Bertz CT molecular complexity index is 4390. The molecule has 0 spiro atoms. The Hall–Kier alpha value is -8.50. The lowest BCUT2D eigenvalue weighted by Crippen LogP contribution is -2.19. The van der Waals surface area contributed by atoms with Crippen molar-refractivity contribution in [1.29, 1.82) is 0 Å². The van der Waals surface area contributed by atoms with Gasteiger partial charge in [0, 0.05) is 41.3 Å². The smallest absolute Gasteiger partial charge is 0.126 e. The molecule has 0 saturated heterocycles. The summed E-state index contributed by atoms with van der Waals surface area (Å²) >= 11 is 4.33. The van der Waals surface area contributed by atoms with Crippen molar-refractivity contribution in [2.24, 2.45) is 0 Å². The lowest BCUT2D eigenvalue weighted by Gasteiger charge is -2.30. The first-order chi connectivity index (χ1) is 49.7. The molecule has 13 rings (SSSR count). The van der Waals surface area contributed by atoms with Crippen LogP contribution in [0.3, 0.4) is 0 Å². The number of benzene rings is 11. The largest absolute Gasteiger partial charge is 0.488 e. The van der Waals surface area contributed by atoms with Gasteiger partial charge in [-0.25, -0.2) is 0 Å². The van der Waals surface area contributed by atoms with Gasteiger partial charge in [-0.2, -0.15) is 0 Å². The third-order valence-corrected chi connectivity index (χ3v) is 23.5. The van der Waals surface area contributed by atoms with E-state index in [1.807, 2.05) is 0 Å². The molecule has 3 heteroatoms. The van der Waals surface area contributed by atoms with Crippen molar-refractivity contribution in [1.82, 2.24) is 0 Å². The van der Waals surface area contributed by atoms with Crippen LogP contribution in [0.1, 0.15) is 280 Å². The zero-order valence-electron chi connectivity index (χ0n) is 66.4. The van der Waals surface area contributed by atoms with Crippen LogP contribution in [0.2, 0.25) is 0 Å². The average molecular weight is 1450 g/mol. The molecule has 2 nitrogen and oxygen atoms in total. The molecule has 11 aromatic carbocycles. The third-order valence-electron chi connectivity index (χ3n) is 22.5. The van der Waals surface area contributed by atoms with Gasteiger partial charge in [-0.1, -0.05) is 337 Å². The molecule has 0 aliphatic carbocycles. The summed E-state index contributed by atoms with van der Waals surface area (Å²) in [6.45, 7) is 44.0. The van der Waals surface area contributed by atoms with Gasteiger partial charge in [0.25, 0.3) is 0 Å². The van der Waals surface area contributed by atoms with Gasteiger partial charge in [0.15, 0.2) is 0 Å². The molecule has 0 N–H and O–H groups in total. The number of hydrogen-bond acceptors (Lipinski definition) is 2. The quantitative estimate of drug-likeness (QED) is 0.151. The molecule has 105 heavy (non-hydrogen) atoms. The molecule has 12 bridgehead atoms. The van der Waals surface area contributed by atoms with Gasteiger partial charge in [0.1, 0.15) is 24.7 Å². The van der Waals surface area contributed by atoms with E-state index in [0.717, 1.165) is 65.6 Å². The molecule has 2 aliphatic rings. The van der Waals surface area contributed by atoms with Gasteiger partial charge < -0.3 is 9.47 Å². The minimum absolute atomic E-state index is 0.167. The maximum Gasteiger partial charge on any atom is 0.126 e. The monoisotopic (exact) mass is 1450 g/mol. The van der Waals surface area contributed by atoms with Crippen molar-refractivity contribution in [2.75, 3.05) is 0 Å². The Morgan fingerprint density at radius 2 is 0.410 bits per heavy atom. The minimum Gasteiger partial charge on any atom is -0.488 e. The predicted octanol–water partition coefficient (Wildman–Crippen LogP) is 25.9. The van der Waals surface area contributed by atoms with Crippen LogP contribution in [-0.2, 0) is 110 Å². The summed E-state index contributed by atoms with van der Waals surface area (Å²) in [7, 11) is 0. The fraction of sp³-hybridized carbons (Fsp3) is 0.353. The summed E-state index contributed by atoms with van der Waals surface area (Å²) in [5, 5.41) is 0. The van der Waals surface area contributed by atoms with Crippen LogP contribution in [0.25, 0.3) is 0 Å². The van der Waals surface area contributed by atoms with Crippen molar-refractivity contribution in [2.45, 2.75) is 235 Å². The van der Waals surface area contributed by atoms with E-state index in [4.69, 9.17) is 9.47 Å². The van der Waals surface area contributed by atoms with Crippen molar-refractivity contribution in [3.05, 3.63) is 373 Å². The summed E-state index contributed by atoms with van der Waals surface area (Å²) in [5.74, 6) is 1.94. The van der Waals surface area contributed by atoms with Crippen LogP contribution in [0.5, 0.6) is 11.5 Å². The van der Waals surface area contributed by atoms with E-state index >= 15 is 0 Å². The minimum atomic E-state index is -0.200. The third kappa shape index (κ3) is 17.3. The molecule has 0 amide bonds. The Morgan fingerprint density at radius 3 is 0.600 bits per heavy atom. The van der Waals surface area contributed by atoms with Gasteiger partial charge in [0.2, 0.25) is 0 Å². The SMILES string of the molecule is CC(C)(C)c1cc2c(Cc3ccccc3)c(c1)Cc1cc(C(C)(C)C)cc3c1OCc1cccc(c1Br)COc1c(cc(C(C)(C)C)cc1Cc1cc(C(C)(C)C)cc(c1Cc1ccccc1)Cc1cc(C(C)(C)C)cc(c1Cc1ccccc1)C3)Cc1cc(C(C)(C)C)cc(c1Cc1ccccc1)C2. The molecular formula is C102H113BrO2. The molecule has 540 valence electrons. The summed E-state index contributed by atoms with van der Waals surface area (Å²) in [5.41, 5.74) is 35.7. The van der Waals surface area contributed by atoms with Gasteiger partial charge in [-0.3, -0.25) is 0 Å². The molecule has 0 unspecified atom stereocenters. The molecular weight excluding hydrogens is 1340 g/mol. The number of rotatable bonds is 8. The Balaban J connectivity index is 1.23. The fourth-order valence-corrected chi connectivity index (χ4v) is 16.4. The molecule has 11 aromatic rings. The molecule has 2 aliphatic heterocycles. The van der Waals surface area contributed by atoms with Crippen molar-refractivity contribution < 1.29 is 9.47 Å². The highest BCUT2D eigenvalue weighted by Gasteiger charge is 2.32. The van der Waals surface area contributed by atoms with Crippen LogP contribution in [0, 0.1) is 0 Å². The Morgan fingerprint density at radius 1 is 0.229 bits per heavy atom. The first-order valence-corrected chi connectivity index (χ1v) is 39.6. The first kappa shape index (κ1) is 74.8. The molecule has 0 aromatic heterocycles. The van der Waals surface area contributed by atoms with Crippen molar-refractivity contribution in [3.63, 3.8) is 0 Å². The van der Waals surface area contributed by atoms with E-state index < -0.39 is 0 Å². The van der Waals surface area contributed by atoms with E-state index in [1.165, 1.54) is 145 Å². The topological polar surface area (TPSA) is 18.5 Å². The van der Waals surface area contributed by atoms with Crippen molar-refractivity contribution >= 4 is 15.9 Å².